The van der Waals surface area contributed by atoms with E-state index < -0.39 is 0 Å². The molecule has 1 rings (SSSR count). The maximum absolute atomic E-state index is 8.65. The minimum absolute atomic E-state index is 0.258. The molecule has 0 spiro atoms. The second kappa shape index (κ2) is 5.78. The van der Waals surface area contributed by atoms with E-state index in [1.54, 1.807) is 0 Å². The molecule has 0 saturated heterocycles. The van der Waals surface area contributed by atoms with Crippen LogP contribution in [0.1, 0.15) is 30.5 Å². The molecule has 2 N–H and O–H groups in total. The van der Waals surface area contributed by atoms with E-state index in [0.717, 1.165) is 13.0 Å². The Kier molecular flexibility index (Phi) is 4.63. The van der Waals surface area contributed by atoms with E-state index in [1.165, 1.54) is 11.1 Å². The molecule has 1 aromatic rings. The number of rotatable bonds is 5. The molecule has 2 nitrogen and oxygen atoms in total. The number of nitrogens with one attached hydrogen (secondary N) is 1. The minimum atomic E-state index is 0.258. The molecule has 1 atom stereocenters. The lowest BCUT2D eigenvalue weighted by Crippen LogP contribution is -2.20. The van der Waals surface area contributed by atoms with E-state index in [4.69, 9.17) is 5.11 Å². The van der Waals surface area contributed by atoms with Gasteiger partial charge in [0.2, 0.25) is 0 Å². The van der Waals surface area contributed by atoms with Crippen LogP contribution in [0.3, 0.4) is 0 Å². The highest BCUT2D eigenvalue weighted by atomic mass is 16.3. The van der Waals surface area contributed by atoms with Crippen molar-refractivity contribution < 1.29 is 5.11 Å². The predicted octanol–water partition coefficient (Wildman–Crippen LogP) is 2.03. The van der Waals surface area contributed by atoms with Gasteiger partial charge in [0.1, 0.15) is 0 Å². The van der Waals surface area contributed by atoms with Crippen LogP contribution in [-0.4, -0.2) is 18.3 Å². The maximum Gasteiger partial charge on any atom is 0.0443 e. The first-order chi connectivity index (χ1) is 6.74. The quantitative estimate of drug-likeness (QED) is 0.701. The topological polar surface area (TPSA) is 32.3 Å². The maximum atomic E-state index is 8.65. The third-order valence-corrected chi connectivity index (χ3v) is 2.36. The molecule has 0 aliphatic rings. The highest BCUT2D eigenvalue weighted by molar-refractivity contribution is 5.23. The average Bonchev–Trinajstić information content (AvgIpc) is 2.19. The molecule has 0 amide bonds. The monoisotopic (exact) mass is 193 g/mol. The Morgan fingerprint density at radius 1 is 1.29 bits per heavy atom. The fraction of sp³-hybridized carbons (Fsp3) is 0.500. The van der Waals surface area contributed by atoms with Crippen molar-refractivity contribution in [3.63, 3.8) is 0 Å². The Morgan fingerprint density at radius 2 is 1.93 bits per heavy atom. The molecular weight excluding hydrogens is 174 g/mol. The molecule has 2 heteroatoms. The largest absolute Gasteiger partial charge is 0.396 e. The number of aryl methyl sites for hydroxylation is 1. The molecular formula is C12H19NO. The second-order valence-corrected chi connectivity index (χ2v) is 3.66. The minimum Gasteiger partial charge on any atom is -0.396 e. The fourth-order valence-electron chi connectivity index (χ4n) is 1.37. The standard InChI is InChI=1S/C12H19NO/c1-10-4-6-12(7-5-10)11(2)13-8-3-9-14/h4-7,11,13-14H,3,8-9H2,1-2H3/t11-/m1/s1. The molecule has 0 aliphatic heterocycles. The van der Waals surface area contributed by atoms with Crippen LogP contribution in [0.4, 0.5) is 0 Å². The summed E-state index contributed by atoms with van der Waals surface area (Å²) < 4.78 is 0. The molecule has 0 radical (unpaired) electrons. The highest BCUT2D eigenvalue weighted by Crippen LogP contribution is 2.12. The summed E-state index contributed by atoms with van der Waals surface area (Å²) in [6.07, 6.45) is 0.816. The van der Waals surface area contributed by atoms with E-state index >= 15 is 0 Å². The van der Waals surface area contributed by atoms with Crippen LogP contribution in [0.15, 0.2) is 24.3 Å². The third-order valence-electron chi connectivity index (χ3n) is 2.36. The van der Waals surface area contributed by atoms with Gasteiger partial charge in [-0.1, -0.05) is 29.8 Å². The Morgan fingerprint density at radius 3 is 2.50 bits per heavy atom. The van der Waals surface area contributed by atoms with E-state index in [9.17, 15) is 0 Å². The highest BCUT2D eigenvalue weighted by Gasteiger charge is 2.02. The van der Waals surface area contributed by atoms with Gasteiger partial charge in [-0.25, -0.2) is 0 Å². The lowest BCUT2D eigenvalue weighted by Gasteiger charge is -2.13. The van der Waals surface area contributed by atoms with Gasteiger partial charge in [0, 0.05) is 12.6 Å². The van der Waals surface area contributed by atoms with Crippen molar-refractivity contribution >= 4 is 0 Å². The first kappa shape index (κ1) is 11.2. The molecule has 0 heterocycles. The Balaban J connectivity index is 2.43. The van der Waals surface area contributed by atoms with Crippen molar-refractivity contribution in [3.05, 3.63) is 35.4 Å². The van der Waals surface area contributed by atoms with Gasteiger partial charge in [-0.15, -0.1) is 0 Å². The van der Waals surface area contributed by atoms with Crippen molar-refractivity contribution in [3.8, 4) is 0 Å². The predicted molar refractivity (Wildman–Crippen MR) is 59.3 cm³/mol. The molecule has 0 bridgehead atoms. The first-order valence-electron chi connectivity index (χ1n) is 5.15. The van der Waals surface area contributed by atoms with Gasteiger partial charge in [-0.05, 0) is 32.4 Å². The average molecular weight is 193 g/mol. The van der Waals surface area contributed by atoms with Crippen LogP contribution in [0.25, 0.3) is 0 Å². The number of benzene rings is 1. The van der Waals surface area contributed by atoms with Gasteiger partial charge < -0.3 is 10.4 Å². The zero-order valence-corrected chi connectivity index (χ0v) is 8.96. The molecule has 14 heavy (non-hydrogen) atoms. The van der Waals surface area contributed by atoms with E-state index in [0.29, 0.717) is 6.04 Å². The van der Waals surface area contributed by atoms with Crippen molar-refractivity contribution in [1.29, 1.82) is 0 Å². The summed E-state index contributed by atoms with van der Waals surface area (Å²) in [4.78, 5) is 0. The van der Waals surface area contributed by atoms with Gasteiger partial charge in [0.15, 0.2) is 0 Å². The number of hydrogen-bond donors (Lipinski definition) is 2. The molecule has 0 saturated carbocycles. The van der Waals surface area contributed by atoms with E-state index in [2.05, 4.69) is 43.4 Å². The zero-order valence-electron chi connectivity index (χ0n) is 8.96. The normalized spacial score (nSPS) is 12.8. The van der Waals surface area contributed by atoms with Crippen molar-refractivity contribution in [2.45, 2.75) is 26.3 Å². The lowest BCUT2D eigenvalue weighted by atomic mass is 10.1. The Labute approximate surface area is 86.0 Å². The van der Waals surface area contributed by atoms with Gasteiger partial charge in [0.25, 0.3) is 0 Å². The van der Waals surface area contributed by atoms with Crippen LogP contribution in [-0.2, 0) is 0 Å². The Bertz CT molecular complexity index is 256. The van der Waals surface area contributed by atoms with Gasteiger partial charge in [-0.3, -0.25) is 0 Å². The second-order valence-electron chi connectivity index (χ2n) is 3.66. The van der Waals surface area contributed by atoms with Gasteiger partial charge >= 0.3 is 0 Å². The molecule has 0 fully saturated rings. The third kappa shape index (κ3) is 3.48. The van der Waals surface area contributed by atoms with Crippen LogP contribution in [0, 0.1) is 6.92 Å². The van der Waals surface area contributed by atoms with Gasteiger partial charge in [0.05, 0.1) is 0 Å². The van der Waals surface area contributed by atoms with Crippen molar-refractivity contribution in [2.24, 2.45) is 0 Å². The number of aliphatic hydroxyl groups is 1. The molecule has 1 aromatic carbocycles. The molecule has 0 aliphatic carbocycles. The SMILES string of the molecule is Cc1ccc([C@@H](C)NCCCO)cc1. The number of hydrogen-bond acceptors (Lipinski definition) is 2. The summed E-state index contributed by atoms with van der Waals surface area (Å²) >= 11 is 0. The van der Waals surface area contributed by atoms with E-state index in [-0.39, 0.29) is 6.61 Å². The molecule has 0 aromatic heterocycles. The van der Waals surface area contributed by atoms with E-state index in [1.807, 2.05) is 0 Å². The molecule has 78 valence electrons. The fourth-order valence-corrected chi connectivity index (χ4v) is 1.37. The lowest BCUT2D eigenvalue weighted by molar-refractivity contribution is 0.284. The van der Waals surface area contributed by atoms with Crippen LogP contribution in [0.2, 0.25) is 0 Å². The van der Waals surface area contributed by atoms with Crippen LogP contribution in [0.5, 0.6) is 0 Å². The number of aliphatic hydroxyl groups excluding tert-OH is 1. The summed E-state index contributed by atoms with van der Waals surface area (Å²) in [5.41, 5.74) is 2.59. The summed E-state index contributed by atoms with van der Waals surface area (Å²) in [5.74, 6) is 0. The van der Waals surface area contributed by atoms with Crippen LogP contribution < -0.4 is 5.32 Å². The molecule has 0 unspecified atom stereocenters. The zero-order chi connectivity index (χ0) is 10.4. The Hall–Kier alpha value is -0.860. The van der Waals surface area contributed by atoms with Gasteiger partial charge in [-0.2, -0.15) is 0 Å². The van der Waals surface area contributed by atoms with Crippen LogP contribution >= 0.6 is 0 Å². The first-order valence-corrected chi connectivity index (χ1v) is 5.15. The van der Waals surface area contributed by atoms with Crippen molar-refractivity contribution in [2.75, 3.05) is 13.2 Å². The summed E-state index contributed by atoms with van der Waals surface area (Å²) in [7, 11) is 0. The summed E-state index contributed by atoms with van der Waals surface area (Å²) in [6.45, 7) is 5.36. The summed E-state index contributed by atoms with van der Waals surface area (Å²) in [6, 6.07) is 8.90. The summed E-state index contributed by atoms with van der Waals surface area (Å²) in [5, 5.41) is 12.0. The van der Waals surface area contributed by atoms with Crippen molar-refractivity contribution in [1.82, 2.24) is 5.32 Å². The smallest absolute Gasteiger partial charge is 0.0443 e.